The van der Waals surface area contributed by atoms with Crippen LogP contribution in [0.15, 0.2) is 69.7 Å². The summed E-state index contributed by atoms with van der Waals surface area (Å²) in [6, 6.07) is 9.10. The van der Waals surface area contributed by atoms with Crippen molar-refractivity contribution in [3.05, 3.63) is 60.9 Å². The van der Waals surface area contributed by atoms with Crippen LogP contribution in [0.4, 0.5) is 13.2 Å². The van der Waals surface area contributed by atoms with E-state index in [0.29, 0.717) is 66.5 Å². The largest absolute Gasteiger partial charge is 0.484 e. The summed E-state index contributed by atoms with van der Waals surface area (Å²) < 4.78 is 86.5. The van der Waals surface area contributed by atoms with Gasteiger partial charge in [-0.1, -0.05) is 37.1 Å². The van der Waals surface area contributed by atoms with Crippen LogP contribution >= 0.6 is 0 Å². The van der Waals surface area contributed by atoms with E-state index >= 15 is 0 Å². The summed E-state index contributed by atoms with van der Waals surface area (Å²) in [6.07, 6.45) is 1.29. The lowest BCUT2D eigenvalue weighted by Crippen LogP contribution is -2.58. The smallest absolute Gasteiger partial charge is 0.471 e. The third kappa shape index (κ3) is 7.33. The number of benzene rings is 1. The van der Waals surface area contributed by atoms with Crippen LogP contribution in [0.2, 0.25) is 0 Å². The van der Waals surface area contributed by atoms with E-state index in [0.717, 1.165) is 4.90 Å². The second kappa shape index (κ2) is 14.3. The highest BCUT2D eigenvalue weighted by atomic mass is 32.2. The molecular weight excluding hydrogens is 760 g/mol. The maximum atomic E-state index is 14.3. The molecule has 4 amide bonds. The van der Waals surface area contributed by atoms with Gasteiger partial charge in [0.15, 0.2) is 17.1 Å². The predicted molar refractivity (Wildman–Crippen MR) is 193 cm³/mol. The fourth-order valence-corrected chi connectivity index (χ4v) is 8.92. The van der Waals surface area contributed by atoms with Crippen molar-refractivity contribution in [3.8, 4) is 17.2 Å². The number of hydrogen-bond acceptors (Lipinski definition) is 10. The molecule has 2 aliphatic heterocycles. The molecule has 18 heteroatoms. The molecule has 1 aromatic carbocycles. The Kier molecular flexibility index (Phi) is 9.57. The minimum atomic E-state index is -5.28. The molecule has 8 rings (SSSR count). The number of furan rings is 2. The first kappa shape index (κ1) is 37.5. The SMILES string of the molecule is O=C1N[C@]2(C(=O)NS(=O)(=O)C3CC3)C[C@H]2C=CCCCCC[C@H](NC(=O)C(F)(F)F)C(=O)N2C[C@H](Oc3cc(-c4ccco4)nc4c3oc3ccccc34)C[C@@H]12. The molecule has 0 bridgehead atoms. The molecule has 1 saturated heterocycles. The monoisotopic (exact) mass is 797 g/mol. The molecule has 296 valence electrons. The zero-order valence-electron chi connectivity index (χ0n) is 29.8. The van der Waals surface area contributed by atoms with Crippen molar-refractivity contribution >= 4 is 55.7 Å². The molecule has 4 aliphatic rings. The molecule has 0 radical (unpaired) electrons. The second-order valence-corrected chi connectivity index (χ2v) is 16.7. The standard InChI is InChI=1S/C38H38F3N5O9S/c39-38(40,41)36(50)43-25-11-5-3-1-2-4-9-21-19-37(21,35(49)45-56(51,52)23-14-15-23)44-33(47)27-17-22(20-46(27)34(25)48)54-30-18-26(29-13-8-16-53-29)42-31-24-10-6-7-12-28(24)55-32(30)31/h4,6-10,12-13,16,18,21-23,25,27H,1-3,5,11,14-15,17,19-20H2,(H,43,50)(H,44,47)(H,45,49)/t21-,22-,25+,27+,37-/m1/s1. The van der Waals surface area contributed by atoms with Crippen LogP contribution in [0.1, 0.15) is 57.8 Å². The minimum absolute atomic E-state index is 0.0860. The maximum Gasteiger partial charge on any atom is 0.471 e. The number of allylic oxidation sites excluding steroid dienone is 1. The minimum Gasteiger partial charge on any atom is -0.484 e. The summed E-state index contributed by atoms with van der Waals surface area (Å²) in [6.45, 7) is -0.298. The van der Waals surface area contributed by atoms with Gasteiger partial charge >= 0.3 is 12.1 Å². The molecule has 4 aromatic rings. The van der Waals surface area contributed by atoms with Crippen LogP contribution in [0, 0.1) is 5.92 Å². The number of para-hydroxylation sites is 1. The van der Waals surface area contributed by atoms with E-state index in [1.54, 1.807) is 36.4 Å². The number of carbonyl (C=O) groups is 4. The number of ether oxygens (including phenoxy) is 1. The van der Waals surface area contributed by atoms with Gasteiger partial charge in [0.05, 0.1) is 18.1 Å². The van der Waals surface area contributed by atoms with Crippen LogP contribution in [-0.4, -0.2) is 83.6 Å². The Labute approximate surface area is 318 Å². The van der Waals surface area contributed by atoms with Crippen LogP contribution in [0.25, 0.3) is 33.5 Å². The lowest BCUT2D eigenvalue weighted by atomic mass is 10.0. The number of fused-ring (bicyclic) bond motifs is 5. The molecule has 56 heavy (non-hydrogen) atoms. The molecule has 5 heterocycles. The van der Waals surface area contributed by atoms with Crippen molar-refractivity contribution in [2.45, 2.75) is 92.9 Å². The van der Waals surface area contributed by atoms with Crippen molar-refractivity contribution in [1.29, 1.82) is 0 Å². The number of alkyl halides is 3. The van der Waals surface area contributed by atoms with Gasteiger partial charge < -0.3 is 29.1 Å². The van der Waals surface area contributed by atoms with E-state index in [9.17, 15) is 40.8 Å². The van der Waals surface area contributed by atoms with Crippen molar-refractivity contribution in [2.75, 3.05) is 6.54 Å². The fourth-order valence-electron chi connectivity index (χ4n) is 7.56. The van der Waals surface area contributed by atoms with Crippen LogP contribution in [0.5, 0.6) is 5.75 Å². The fraction of sp³-hybridized carbons (Fsp3) is 0.447. The molecule has 3 fully saturated rings. The number of sulfonamides is 1. The normalized spacial score (nSPS) is 26.2. The Bertz CT molecular complexity index is 2340. The number of amides is 4. The number of pyridine rings is 1. The Morgan fingerprint density at radius 3 is 2.61 bits per heavy atom. The third-order valence-electron chi connectivity index (χ3n) is 10.8. The van der Waals surface area contributed by atoms with E-state index < -0.39 is 74.7 Å². The lowest BCUT2D eigenvalue weighted by molar-refractivity contribution is -0.175. The van der Waals surface area contributed by atoms with Crippen LogP contribution in [0.3, 0.4) is 0 Å². The summed E-state index contributed by atoms with van der Waals surface area (Å²) >= 11 is 0. The Morgan fingerprint density at radius 1 is 1.05 bits per heavy atom. The van der Waals surface area contributed by atoms with E-state index in [2.05, 4.69) is 10.0 Å². The Morgan fingerprint density at radius 2 is 1.86 bits per heavy atom. The Hall–Kier alpha value is -5.39. The van der Waals surface area contributed by atoms with Crippen molar-refractivity contribution < 1.29 is 54.3 Å². The Balaban J connectivity index is 1.15. The first-order chi connectivity index (χ1) is 26.7. The van der Waals surface area contributed by atoms with Gasteiger partial charge in [-0.25, -0.2) is 13.4 Å². The molecule has 2 aliphatic carbocycles. The van der Waals surface area contributed by atoms with Gasteiger partial charge in [-0.3, -0.25) is 23.9 Å². The molecule has 14 nitrogen and oxygen atoms in total. The highest BCUT2D eigenvalue weighted by Crippen LogP contribution is 2.46. The molecule has 0 unspecified atom stereocenters. The predicted octanol–water partition coefficient (Wildman–Crippen LogP) is 4.64. The van der Waals surface area contributed by atoms with Gasteiger partial charge in [0, 0.05) is 23.8 Å². The summed E-state index contributed by atoms with van der Waals surface area (Å²) in [7, 11) is -3.99. The van der Waals surface area contributed by atoms with Gasteiger partial charge in [0.2, 0.25) is 21.8 Å². The number of nitrogens with zero attached hydrogens (tertiary/aromatic N) is 2. The lowest BCUT2D eigenvalue weighted by Gasteiger charge is -2.30. The van der Waals surface area contributed by atoms with Gasteiger partial charge in [-0.05, 0) is 62.8 Å². The average molecular weight is 798 g/mol. The second-order valence-electron chi connectivity index (χ2n) is 14.8. The van der Waals surface area contributed by atoms with E-state index in [4.69, 9.17) is 18.6 Å². The number of aromatic nitrogens is 1. The zero-order valence-corrected chi connectivity index (χ0v) is 30.7. The maximum absolute atomic E-state index is 14.3. The van der Waals surface area contributed by atoms with E-state index in [-0.39, 0.29) is 37.1 Å². The average Bonchev–Trinajstić information content (AvgIpc) is 3.95. The first-order valence-corrected chi connectivity index (χ1v) is 20.0. The summed E-state index contributed by atoms with van der Waals surface area (Å²) in [5, 5.41) is 4.53. The molecule has 2 saturated carbocycles. The van der Waals surface area contributed by atoms with Gasteiger partial charge in [0.25, 0.3) is 5.91 Å². The molecular formula is C38H38F3N5O9S. The molecule has 5 atom stereocenters. The van der Waals surface area contributed by atoms with E-state index in [1.165, 1.54) is 6.26 Å². The van der Waals surface area contributed by atoms with Gasteiger partial charge in [-0.15, -0.1) is 0 Å². The summed E-state index contributed by atoms with van der Waals surface area (Å²) in [5.74, 6) is -4.94. The number of nitrogens with one attached hydrogen (secondary N) is 3. The molecule has 3 N–H and O–H groups in total. The summed E-state index contributed by atoms with van der Waals surface area (Å²) in [5.41, 5.74) is -0.0482. The number of rotatable bonds is 7. The molecule has 3 aromatic heterocycles. The first-order valence-electron chi connectivity index (χ1n) is 18.5. The summed E-state index contributed by atoms with van der Waals surface area (Å²) in [4.78, 5) is 60.3. The van der Waals surface area contributed by atoms with Crippen LogP contribution < -0.4 is 20.1 Å². The quantitative estimate of drug-likeness (QED) is 0.222. The number of halogens is 3. The highest BCUT2D eigenvalue weighted by molar-refractivity contribution is 7.91. The van der Waals surface area contributed by atoms with Crippen molar-refractivity contribution in [2.24, 2.45) is 5.92 Å². The molecule has 0 spiro atoms. The van der Waals surface area contributed by atoms with Crippen molar-refractivity contribution in [3.63, 3.8) is 0 Å². The third-order valence-corrected chi connectivity index (χ3v) is 12.6. The topological polar surface area (TPSA) is 190 Å². The van der Waals surface area contributed by atoms with Gasteiger partial charge in [0.1, 0.15) is 40.5 Å². The highest BCUT2D eigenvalue weighted by Gasteiger charge is 2.62. The zero-order chi connectivity index (χ0) is 39.4. The number of hydrogen-bond donors (Lipinski definition) is 3. The van der Waals surface area contributed by atoms with Crippen LogP contribution in [-0.2, 0) is 29.2 Å². The van der Waals surface area contributed by atoms with E-state index in [1.807, 2.05) is 23.5 Å². The number of carbonyl (C=O) groups excluding carboxylic acids is 4. The van der Waals surface area contributed by atoms with Crippen molar-refractivity contribution in [1.82, 2.24) is 25.2 Å². The van der Waals surface area contributed by atoms with Gasteiger partial charge in [-0.2, -0.15) is 13.2 Å².